The summed E-state index contributed by atoms with van der Waals surface area (Å²) >= 11 is 0. The van der Waals surface area contributed by atoms with Crippen LogP contribution in [0.15, 0.2) is 18.2 Å². The van der Waals surface area contributed by atoms with E-state index in [1.807, 2.05) is 0 Å². The van der Waals surface area contributed by atoms with Crippen LogP contribution < -0.4 is 0 Å². The maximum Gasteiger partial charge on any atom is 0.417 e. The average molecular weight is 310 g/mol. The summed E-state index contributed by atoms with van der Waals surface area (Å²) in [5.74, 6) is -0.802. The molecule has 1 aromatic carbocycles. The van der Waals surface area contributed by atoms with Gasteiger partial charge in [0, 0.05) is 5.56 Å². The fourth-order valence-electron chi connectivity index (χ4n) is 1.80. The van der Waals surface area contributed by atoms with E-state index in [0.29, 0.717) is 0 Å². The Kier molecular flexibility index (Phi) is 4.12. The van der Waals surface area contributed by atoms with E-state index < -0.39 is 23.3 Å². The van der Waals surface area contributed by atoms with Crippen LogP contribution in [0.2, 0.25) is 0 Å². The van der Waals surface area contributed by atoms with Crippen LogP contribution in [0.25, 0.3) is 11.3 Å². The number of nitrogens with one attached hydrogen (secondary N) is 1. The Hall–Kier alpha value is -2.89. The normalized spacial score (nSPS) is 11.0. The molecule has 2 aromatic rings. The van der Waals surface area contributed by atoms with E-state index in [1.54, 1.807) is 6.92 Å². The first-order valence-electron chi connectivity index (χ1n) is 6.08. The summed E-state index contributed by atoms with van der Waals surface area (Å²) in [7, 11) is 0. The second kappa shape index (κ2) is 5.85. The van der Waals surface area contributed by atoms with Crippen LogP contribution >= 0.6 is 0 Å². The minimum atomic E-state index is -4.70. The van der Waals surface area contributed by atoms with Crippen molar-refractivity contribution in [3.8, 4) is 17.3 Å². The molecule has 9 heteroatoms. The summed E-state index contributed by atoms with van der Waals surface area (Å²) < 4.78 is 43.6. The molecule has 0 bridgehead atoms. The maximum absolute atomic E-state index is 13.0. The van der Waals surface area contributed by atoms with Gasteiger partial charge in [0.05, 0.1) is 23.8 Å². The summed E-state index contributed by atoms with van der Waals surface area (Å²) in [6.45, 7) is 1.67. The highest BCUT2D eigenvalue weighted by atomic mass is 19.4. The van der Waals surface area contributed by atoms with Gasteiger partial charge in [-0.3, -0.25) is 0 Å². The predicted octanol–water partition coefficient (Wildman–Crippen LogP) is 2.54. The first kappa shape index (κ1) is 15.5. The molecule has 6 nitrogen and oxygen atoms in total. The zero-order chi connectivity index (χ0) is 16.3. The van der Waals surface area contributed by atoms with Crippen molar-refractivity contribution in [3.05, 3.63) is 35.0 Å². The van der Waals surface area contributed by atoms with E-state index in [4.69, 9.17) is 10.00 Å². The summed E-state index contributed by atoms with van der Waals surface area (Å²) in [6.07, 6.45) is -4.70. The number of rotatable bonds is 3. The molecule has 114 valence electrons. The van der Waals surface area contributed by atoms with Gasteiger partial charge < -0.3 is 4.74 Å². The summed E-state index contributed by atoms with van der Waals surface area (Å²) in [4.78, 5) is 11.7. The Morgan fingerprint density at radius 2 is 2.14 bits per heavy atom. The smallest absolute Gasteiger partial charge is 0.417 e. The topological polar surface area (TPSA) is 91.7 Å². The number of hydrogen-bond acceptors (Lipinski definition) is 5. The monoisotopic (exact) mass is 310 g/mol. The van der Waals surface area contributed by atoms with Crippen molar-refractivity contribution >= 4 is 5.97 Å². The van der Waals surface area contributed by atoms with Gasteiger partial charge in [-0.15, -0.1) is 5.10 Å². The van der Waals surface area contributed by atoms with Gasteiger partial charge in [-0.25, -0.2) is 4.79 Å². The molecular weight excluding hydrogens is 301 g/mol. The number of benzene rings is 1. The molecule has 0 aliphatic rings. The number of aromatic amines is 1. The molecule has 0 radical (unpaired) electrons. The molecule has 0 aliphatic carbocycles. The third-order valence-corrected chi connectivity index (χ3v) is 2.74. The van der Waals surface area contributed by atoms with Gasteiger partial charge in [-0.1, -0.05) is 6.07 Å². The molecule has 0 spiro atoms. The average Bonchev–Trinajstić information content (AvgIpc) is 2.95. The lowest BCUT2D eigenvalue weighted by atomic mass is 10.0. The standard InChI is InChI=1S/C13H9F3N4O2/c1-2-22-12(21)11-10(18-20-19-11)7-3-4-8(6-17)9(5-7)13(14,15)16/h3-5H,2H2,1H3,(H,18,19,20). The second-order valence-corrected chi connectivity index (χ2v) is 4.11. The molecular formula is C13H9F3N4O2. The van der Waals surface area contributed by atoms with Gasteiger partial charge in [-0.2, -0.15) is 28.7 Å². The number of carbonyl (C=O) groups is 1. The molecule has 0 fully saturated rings. The number of hydrogen-bond donors (Lipinski definition) is 1. The van der Waals surface area contributed by atoms with Crippen LogP contribution in [0, 0.1) is 11.3 Å². The summed E-state index contributed by atoms with van der Waals surface area (Å²) in [6, 6.07) is 4.50. The largest absolute Gasteiger partial charge is 0.461 e. The van der Waals surface area contributed by atoms with E-state index >= 15 is 0 Å². The fourth-order valence-corrected chi connectivity index (χ4v) is 1.80. The molecule has 0 saturated carbocycles. The third-order valence-electron chi connectivity index (χ3n) is 2.74. The molecule has 0 amide bonds. The van der Waals surface area contributed by atoms with Gasteiger partial charge in [-0.05, 0) is 19.1 Å². The van der Waals surface area contributed by atoms with Gasteiger partial charge >= 0.3 is 12.1 Å². The number of esters is 1. The van der Waals surface area contributed by atoms with Crippen LogP contribution in [0.5, 0.6) is 0 Å². The highest BCUT2D eigenvalue weighted by molar-refractivity contribution is 5.94. The van der Waals surface area contributed by atoms with Gasteiger partial charge in [0.1, 0.15) is 5.69 Å². The lowest BCUT2D eigenvalue weighted by Gasteiger charge is -2.10. The zero-order valence-corrected chi connectivity index (χ0v) is 11.2. The summed E-state index contributed by atoms with van der Waals surface area (Å²) in [5.41, 5.74) is -1.92. The molecule has 0 saturated heterocycles. The van der Waals surface area contributed by atoms with E-state index in [1.165, 1.54) is 12.1 Å². The van der Waals surface area contributed by atoms with Crippen molar-refractivity contribution in [1.82, 2.24) is 15.4 Å². The zero-order valence-electron chi connectivity index (χ0n) is 11.2. The van der Waals surface area contributed by atoms with Crippen molar-refractivity contribution in [2.45, 2.75) is 13.1 Å². The van der Waals surface area contributed by atoms with E-state index in [-0.39, 0.29) is 23.6 Å². The third kappa shape index (κ3) is 2.90. The van der Waals surface area contributed by atoms with Gasteiger partial charge in [0.2, 0.25) is 0 Å². The number of nitriles is 1. The van der Waals surface area contributed by atoms with Crippen molar-refractivity contribution in [3.63, 3.8) is 0 Å². The van der Waals surface area contributed by atoms with Crippen molar-refractivity contribution < 1.29 is 22.7 Å². The number of H-pyrrole nitrogens is 1. The van der Waals surface area contributed by atoms with Crippen molar-refractivity contribution in [1.29, 1.82) is 5.26 Å². The van der Waals surface area contributed by atoms with E-state index in [0.717, 1.165) is 12.1 Å². The molecule has 1 aromatic heterocycles. The Balaban J connectivity index is 2.54. The van der Waals surface area contributed by atoms with Crippen LogP contribution in [0.1, 0.15) is 28.5 Å². The molecule has 0 aliphatic heterocycles. The van der Waals surface area contributed by atoms with Crippen molar-refractivity contribution in [2.24, 2.45) is 0 Å². The quantitative estimate of drug-likeness (QED) is 0.880. The number of nitrogens with zero attached hydrogens (tertiary/aromatic N) is 3. The first-order chi connectivity index (χ1) is 10.4. The minimum absolute atomic E-state index is 0.00290. The fraction of sp³-hybridized carbons (Fsp3) is 0.231. The molecule has 0 atom stereocenters. The second-order valence-electron chi connectivity index (χ2n) is 4.11. The summed E-state index contributed by atoms with van der Waals surface area (Å²) in [5, 5.41) is 18.2. The number of carbonyl (C=O) groups excluding carboxylic acids is 1. The first-order valence-corrected chi connectivity index (χ1v) is 6.08. The highest BCUT2D eigenvalue weighted by Crippen LogP contribution is 2.34. The SMILES string of the molecule is CCOC(=O)c1n[nH]nc1-c1ccc(C#N)c(C(F)(F)F)c1. The number of aromatic nitrogens is 3. The lowest BCUT2D eigenvalue weighted by molar-refractivity contribution is -0.137. The van der Waals surface area contributed by atoms with E-state index in [2.05, 4.69) is 15.4 Å². The Morgan fingerprint density at radius 3 is 2.73 bits per heavy atom. The highest BCUT2D eigenvalue weighted by Gasteiger charge is 2.34. The Bertz CT molecular complexity index is 746. The van der Waals surface area contributed by atoms with Crippen LogP contribution in [-0.4, -0.2) is 28.0 Å². The van der Waals surface area contributed by atoms with Crippen molar-refractivity contribution in [2.75, 3.05) is 6.61 Å². The maximum atomic E-state index is 13.0. The minimum Gasteiger partial charge on any atom is -0.461 e. The molecule has 0 unspecified atom stereocenters. The molecule has 2 rings (SSSR count). The number of ether oxygens (including phenoxy) is 1. The number of alkyl halides is 3. The van der Waals surface area contributed by atoms with Gasteiger partial charge in [0.15, 0.2) is 5.69 Å². The van der Waals surface area contributed by atoms with Gasteiger partial charge in [0.25, 0.3) is 0 Å². The molecule has 1 heterocycles. The Labute approximate surface area is 122 Å². The predicted molar refractivity (Wildman–Crippen MR) is 67.5 cm³/mol. The van der Waals surface area contributed by atoms with Crippen LogP contribution in [0.3, 0.4) is 0 Å². The van der Waals surface area contributed by atoms with Crippen LogP contribution in [0.4, 0.5) is 13.2 Å². The molecule has 1 N–H and O–H groups in total. The lowest BCUT2D eigenvalue weighted by Crippen LogP contribution is -2.09. The number of halogens is 3. The molecule has 22 heavy (non-hydrogen) atoms. The van der Waals surface area contributed by atoms with Crippen LogP contribution in [-0.2, 0) is 10.9 Å². The van der Waals surface area contributed by atoms with E-state index in [9.17, 15) is 18.0 Å². The Morgan fingerprint density at radius 1 is 1.41 bits per heavy atom.